The molecular formula is C32H32N2O4. The number of benzene rings is 4. The van der Waals surface area contributed by atoms with Crippen LogP contribution in [0.25, 0.3) is 11.1 Å². The van der Waals surface area contributed by atoms with E-state index in [0.717, 1.165) is 44.8 Å². The lowest BCUT2D eigenvalue weighted by atomic mass is 9.99. The van der Waals surface area contributed by atoms with E-state index in [9.17, 15) is 9.59 Å². The van der Waals surface area contributed by atoms with E-state index in [1.54, 1.807) is 0 Å². The van der Waals surface area contributed by atoms with E-state index in [1.807, 2.05) is 111 Å². The Labute approximate surface area is 223 Å². The van der Waals surface area contributed by atoms with Gasteiger partial charge in [-0.2, -0.15) is 0 Å². The van der Waals surface area contributed by atoms with Crippen LogP contribution in [0.3, 0.4) is 0 Å². The monoisotopic (exact) mass is 508 g/mol. The van der Waals surface area contributed by atoms with Crippen LogP contribution in [0.1, 0.15) is 34.5 Å². The number of methoxy groups -OCH3 is 2. The lowest BCUT2D eigenvalue weighted by Crippen LogP contribution is -2.23. The molecule has 2 atom stereocenters. The van der Waals surface area contributed by atoms with Crippen molar-refractivity contribution in [2.75, 3.05) is 24.9 Å². The van der Waals surface area contributed by atoms with Crippen molar-refractivity contribution in [1.29, 1.82) is 0 Å². The molecule has 0 spiro atoms. The lowest BCUT2D eigenvalue weighted by molar-refractivity contribution is -0.126. The fraction of sp³-hybridized carbons (Fsp3) is 0.188. The zero-order valence-corrected chi connectivity index (χ0v) is 22.0. The van der Waals surface area contributed by atoms with Gasteiger partial charge in [-0.3, -0.25) is 9.59 Å². The fourth-order valence-electron chi connectivity index (χ4n) is 4.41. The highest BCUT2D eigenvalue weighted by molar-refractivity contribution is 5.97. The van der Waals surface area contributed by atoms with Crippen molar-refractivity contribution in [2.24, 2.45) is 0 Å². The van der Waals surface area contributed by atoms with Crippen LogP contribution in [0.5, 0.6) is 0 Å². The van der Waals surface area contributed by atoms with Crippen molar-refractivity contribution in [3.8, 4) is 11.1 Å². The molecule has 4 rings (SSSR count). The van der Waals surface area contributed by atoms with Gasteiger partial charge in [-0.15, -0.1) is 0 Å². The predicted molar refractivity (Wildman–Crippen MR) is 151 cm³/mol. The standard InChI is InChI=1S/C32H32N2O4/c1-21-19-25(15-17-27(21)33-31(35)29(37-3)23-11-7-5-8-12-23)26-16-18-28(22(2)20-26)34-32(36)30(38-4)24-13-9-6-10-14-24/h5-20,29-30H,1-4H3,(H,33,35)(H,34,36)/t29-,30-/m1/s1. The van der Waals surface area contributed by atoms with Gasteiger partial charge in [0.2, 0.25) is 0 Å². The second kappa shape index (κ2) is 12.3. The molecule has 194 valence electrons. The Kier molecular flexibility index (Phi) is 8.69. The van der Waals surface area contributed by atoms with Gasteiger partial charge in [-0.05, 0) is 71.5 Å². The first-order valence-electron chi connectivity index (χ1n) is 12.4. The van der Waals surface area contributed by atoms with Gasteiger partial charge in [0.25, 0.3) is 11.8 Å². The summed E-state index contributed by atoms with van der Waals surface area (Å²) in [6.45, 7) is 3.92. The highest BCUT2D eigenvalue weighted by atomic mass is 16.5. The van der Waals surface area contributed by atoms with Crippen LogP contribution in [-0.2, 0) is 19.1 Å². The largest absolute Gasteiger partial charge is 0.367 e. The topological polar surface area (TPSA) is 76.7 Å². The van der Waals surface area contributed by atoms with E-state index in [4.69, 9.17) is 9.47 Å². The minimum absolute atomic E-state index is 0.227. The van der Waals surface area contributed by atoms with Crippen molar-refractivity contribution in [3.63, 3.8) is 0 Å². The smallest absolute Gasteiger partial charge is 0.258 e. The first-order valence-corrected chi connectivity index (χ1v) is 12.4. The minimum atomic E-state index is -0.694. The second-order valence-corrected chi connectivity index (χ2v) is 9.09. The summed E-state index contributed by atoms with van der Waals surface area (Å²) in [5, 5.41) is 5.97. The third-order valence-electron chi connectivity index (χ3n) is 6.45. The Morgan fingerprint density at radius 3 is 1.26 bits per heavy atom. The maximum Gasteiger partial charge on any atom is 0.258 e. The summed E-state index contributed by atoms with van der Waals surface area (Å²) >= 11 is 0. The maximum absolute atomic E-state index is 12.9. The van der Waals surface area contributed by atoms with Crippen LogP contribution in [-0.4, -0.2) is 26.0 Å². The molecule has 0 aliphatic heterocycles. The van der Waals surface area contributed by atoms with Crippen LogP contribution in [0.15, 0.2) is 97.1 Å². The minimum Gasteiger partial charge on any atom is -0.367 e. The highest BCUT2D eigenvalue weighted by Gasteiger charge is 2.22. The van der Waals surface area contributed by atoms with E-state index < -0.39 is 12.2 Å². The van der Waals surface area contributed by atoms with Crippen molar-refractivity contribution in [3.05, 3.63) is 119 Å². The number of carbonyl (C=O) groups is 2. The zero-order chi connectivity index (χ0) is 27.1. The van der Waals surface area contributed by atoms with Crippen molar-refractivity contribution < 1.29 is 19.1 Å². The van der Waals surface area contributed by atoms with Crippen LogP contribution < -0.4 is 10.6 Å². The average molecular weight is 509 g/mol. The number of nitrogens with one attached hydrogen (secondary N) is 2. The van der Waals surface area contributed by atoms with E-state index in [2.05, 4.69) is 10.6 Å². The molecule has 2 amide bonds. The maximum atomic E-state index is 12.9. The van der Waals surface area contributed by atoms with Crippen LogP contribution >= 0.6 is 0 Å². The summed E-state index contributed by atoms with van der Waals surface area (Å²) in [5.74, 6) is -0.453. The summed E-state index contributed by atoms with van der Waals surface area (Å²) in [4.78, 5) is 25.8. The van der Waals surface area contributed by atoms with Gasteiger partial charge in [0.05, 0.1) is 0 Å². The van der Waals surface area contributed by atoms with Crippen molar-refractivity contribution >= 4 is 23.2 Å². The molecule has 2 N–H and O–H groups in total. The molecule has 0 unspecified atom stereocenters. The molecule has 0 saturated carbocycles. The van der Waals surface area contributed by atoms with E-state index in [0.29, 0.717) is 0 Å². The number of amides is 2. The first kappa shape index (κ1) is 26.8. The molecule has 0 aliphatic rings. The molecular weight excluding hydrogens is 476 g/mol. The molecule has 0 aromatic heterocycles. The Balaban J connectivity index is 1.47. The summed E-state index contributed by atoms with van der Waals surface area (Å²) < 4.78 is 10.9. The number of aryl methyl sites for hydroxylation is 2. The molecule has 38 heavy (non-hydrogen) atoms. The number of hydrogen-bond acceptors (Lipinski definition) is 4. The van der Waals surface area contributed by atoms with Gasteiger partial charge in [0, 0.05) is 25.6 Å². The molecule has 4 aromatic rings. The summed E-state index contributed by atoms with van der Waals surface area (Å²) in [7, 11) is 3.05. The van der Waals surface area contributed by atoms with E-state index in [1.165, 1.54) is 14.2 Å². The van der Waals surface area contributed by atoms with Crippen LogP contribution in [0.4, 0.5) is 11.4 Å². The van der Waals surface area contributed by atoms with Gasteiger partial charge < -0.3 is 20.1 Å². The van der Waals surface area contributed by atoms with Crippen LogP contribution in [0, 0.1) is 13.8 Å². The van der Waals surface area contributed by atoms with Gasteiger partial charge in [-0.1, -0.05) is 72.8 Å². The number of hydrogen-bond donors (Lipinski definition) is 2. The van der Waals surface area contributed by atoms with E-state index in [-0.39, 0.29) is 11.8 Å². The fourth-order valence-corrected chi connectivity index (χ4v) is 4.41. The summed E-state index contributed by atoms with van der Waals surface area (Å²) in [5.41, 5.74) is 6.92. The molecule has 0 bridgehead atoms. The van der Waals surface area contributed by atoms with E-state index >= 15 is 0 Å². The Bertz CT molecular complexity index is 1290. The third-order valence-corrected chi connectivity index (χ3v) is 6.45. The van der Waals surface area contributed by atoms with Gasteiger partial charge in [0.15, 0.2) is 12.2 Å². The molecule has 0 saturated heterocycles. The third kappa shape index (κ3) is 6.17. The molecule has 0 aliphatic carbocycles. The van der Waals surface area contributed by atoms with Gasteiger partial charge >= 0.3 is 0 Å². The molecule has 6 nitrogen and oxygen atoms in total. The van der Waals surface area contributed by atoms with Crippen molar-refractivity contribution in [1.82, 2.24) is 0 Å². The highest BCUT2D eigenvalue weighted by Crippen LogP contribution is 2.30. The first-order chi connectivity index (χ1) is 18.4. The number of carbonyl (C=O) groups excluding carboxylic acids is 2. The van der Waals surface area contributed by atoms with Crippen molar-refractivity contribution in [2.45, 2.75) is 26.1 Å². The quantitative estimate of drug-likeness (QED) is 0.266. The normalized spacial score (nSPS) is 12.4. The SMILES string of the molecule is CO[C@@H](C(=O)Nc1ccc(-c2ccc(NC(=O)[C@H](OC)c3ccccc3)c(C)c2)cc1C)c1ccccc1. The molecule has 0 radical (unpaired) electrons. The Morgan fingerprint density at radius 1 is 0.579 bits per heavy atom. The second-order valence-electron chi connectivity index (χ2n) is 9.09. The van der Waals surface area contributed by atoms with Gasteiger partial charge in [0.1, 0.15) is 0 Å². The lowest BCUT2D eigenvalue weighted by Gasteiger charge is -2.18. The summed E-state index contributed by atoms with van der Waals surface area (Å²) in [6.07, 6.45) is -1.39. The Morgan fingerprint density at radius 2 is 0.947 bits per heavy atom. The number of ether oxygens (including phenoxy) is 2. The predicted octanol–water partition coefficient (Wildman–Crippen LogP) is 6.62. The Hall–Kier alpha value is -4.26. The number of anilines is 2. The molecule has 0 heterocycles. The molecule has 0 fully saturated rings. The zero-order valence-electron chi connectivity index (χ0n) is 22.0. The van der Waals surface area contributed by atoms with Crippen LogP contribution in [0.2, 0.25) is 0 Å². The summed E-state index contributed by atoms with van der Waals surface area (Å²) in [6, 6.07) is 30.6. The molecule has 4 aromatic carbocycles. The number of rotatable bonds is 9. The molecule has 6 heteroatoms. The average Bonchev–Trinajstić information content (AvgIpc) is 2.93. The van der Waals surface area contributed by atoms with Gasteiger partial charge in [-0.25, -0.2) is 0 Å².